The molecule has 2 aromatic carbocycles. The van der Waals surface area contributed by atoms with Crippen LogP contribution < -0.4 is 5.73 Å². The molecular formula is C25H30N2O8. The Balaban J connectivity index is 1.91. The summed E-state index contributed by atoms with van der Waals surface area (Å²) >= 11 is 0. The summed E-state index contributed by atoms with van der Waals surface area (Å²) < 4.78 is 10.6. The number of nitrogens with zero attached hydrogens (tertiary/aromatic N) is 1. The number of carboxylic acid groups (broad SMARTS) is 1. The number of aliphatic carboxylic acids is 1. The number of fused-ring (bicyclic) bond motifs is 3. The quantitative estimate of drug-likeness (QED) is 0.460. The highest BCUT2D eigenvalue weighted by Crippen LogP contribution is 2.44. The Bertz CT molecular complexity index is 1050. The van der Waals surface area contributed by atoms with Crippen molar-refractivity contribution in [1.82, 2.24) is 4.90 Å². The number of aliphatic hydroxyl groups excluding tert-OH is 2. The zero-order valence-electron chi connectivity index (χ0n) is 19.7. The zero-order valence-corrected chi connectivity index (χ0v) is 19.7. The molecule has 0 aliphatic heterocycles. The molecule has 2 aromatic rings. The highest BCUT2D eigenvalue weighted by atomic mass is 16.6. The van der Waals surface area contributed by atoms with Crippen LogP contribution in [0.1, 0.15) is 37.8 Å². The van der Waals surface area contributed by atoms with Crippen molar-refractivity contribution in [3.63, 3.8) is 0 Å². The minimum absolute atomic E-state index is 0.171. The van der Waals surface area contributed by atoms with E-state index in [1.165, 1.54) is 20.8 Å². The first-order valence-electron chi connectivity index (χ1n) is 11.1. The summed E-state index contributed by atoms with van der Waals surface area (Å²) in [5, 5.41) is 30.1. The van der Waals surface area contributed by atoms with Gasteiger partial charge in [-0.2, -0.15) is 4.90 Å². The second-order valence-corrected chi connectivity index (χ2v) is 9.23. The van der Waals surface area contributed by atoms with Gasteiger partial charge >= 0.3 is 18.2 Å². The van der Waals surface area contributed by atoms with Crippen LogP contribution in [0.5, 0.6) is 0 Å². The van der Waals surface area contributed by atoms with E-state index in [-0.39, 0.29) is 17.4 Å². The monoisotopic (exact) mass is 486 g/mol. The molecule has 0 spiro atoms. The molecule has 0 saturated carbocycles. The third kappa shape index (κ3) is 5.61. The average Bonchev–Trinajstić information content (AvgIpc) is 3.12. The molecule has 3 atom stereocenters. The highest BCUT2D eigenvalue weighted by molar-refractivity contribution is 5.94. The molecule has 35 heavy (non-hydrogen) atoms. The van der Waals surface area contributed by atoms with E-state index in [0.717, 1.165) is 22.3 Å². The molecule has 5 N–H and O–H groups in total. The molecule has 3 rings (SSSR count). The van der Waals surface area contributed by atoms with Gasteiger partial charge in [-0.15, -0.1) is 0 Å². The van der Waals surface area contributed by atoms with Crippen molar-refractivity contribution in [2.45, 2.75) is 50.5 Å². The fourth-order valence-electron chi connectivity index (χ4n) is 4.04. The molecule has 0 fully saturated rings. The number of amides is 2. The van der Waals surface area contributed by atoms with Crippen LogP contribution in [0.2, 0.25) is 0 Å². The first-order valence-corrected chi connectivity index (χ1v) is 11.1. The smallest absolute Gasteiger partial charge is 0.420 e. The van der Waals surface area contributed by atoms with Crippen LogP contribution in [0.3, 0.4) is 0 Å². The molecule has 188 valence electrons. The second-order valence-electron chi connectivity index (χ2n) is 9.23. The maximum atomic E-state index is 13.1. The Labute approximate surface area is 202 Å². The van der Waals surface area contributed by atoms with E-state index in [2.05, 4.69) is 0 Å². The van der Waals surface area contributed by atoms with E-state index in [1.807, 2.05) is 48.5 Å². The van der Waals surface area contributed by atoms with Crippen molar-refractivity contribution < 1.29 is 39.2 Å². The number of carboxylic acids is 1. The summed E-state index contributed by atoms with van der Waals surface area (Å²) in [7, 11) is 0. The van der Waals surface area contributed by atoms with Crippen molar-refractivity contribution in [3.8, 4) is 11.1 Å². The maximum absolute atomic E-state index is 13.1. The average molecular weight is 487 g/mol. The van der Waals surface area contributed by atoms with E-state index < -0.39 is 48.6 Å². The summed E-state index contributed by atoms with van der Waals surface area (Å²) in [4.78, 5) is 38.2. The lowest BCUT2D eigenvalue weighted by Gasteiger charge is -2.33. The fourth-order valence-corrected chi connectivity index (χ4v) is 4.04. The molecule has 0 saturated heterocycles. The van der Waals surface area contributed by atoms with Gasteiger partial charge in [0.15, 0.2) is 6.04 Å². The number of carbonyl (C=O) groups is 3. The molecule has 2 amide bonds. The van der Waals surface area contributed by atoms with Gasteiger partial charge in [0.1, 0.15) is 18.3 Å². The van der Waals surface area contributed by atoms with Crippen molar-refractivity contribution in [2.24, 2.45) is 5.73 Å². The number of aliphatic hydroxyl groups is 2. The molecule has 1 aliphatic carbocycles. The van der Waals surface area contributed by atoms with E-state index in [9.17, 15) is 29.7 Å². The van der Waals surface area contributed by atoms with Gasteiger partial charge in [0, 0.05) is 12.5 Å². The summed E-state index contributed by atoms with van der Waals surface area (Å²) in [5.41, 5.74) is 8.06. The van der Waals surface area contributed by atoms with Crippen LogP contribution in [-0.2, 0) is 14.3 Å². The van der Waals surface area contributed by atoms with Crippen LogP contribution in [0.25, 0.3) is 11.1 Å². The second kappa shape index (κ2) is 10.4. The van der Waals surface area contributed by atoms with Crippen LogP contribution in [-0.4, -0.2) is 75.4 Å². The third-order valence-electron chi connectivity index (χ3n) is 5.61. The predicted octanol–water partition coefficient (Wildman–Crippen LogP) is 2.31. The number of hydrogen-bond acceptors (Lipinski definition) is 8. The SMILES string of the molecule is CC(C)(C)OC(=O)N(C(=O)OCC1c2ccccc2-c2ccccc21)[C@H](C(=O)O)C(O)C(O)CN. The van der Waals surface area contributed by atoms with Crippen LogP contribution in [0, 0.1) is 0 Å². The number of nitrogens with two attached hydrogens (primary N) is 1. The van der Waals surface area contributed by atoms with E-state index in [0.29, 0.717) is 0 Å². The number of imide groups is 1. The van der Waals surface area contributed by atoms with Gasteiger partial charge in [-0.1, -0.05) is 48.5 Å². The lowest BCUT2D eigenvalue weighted by Crippen LogP contribution is -2.59. The third-order valence-corrected chi connectivity index (χ3v) is 5.61. The molecule has 1 aliphatic rings. The molecular weight excluding hydrogens is 456 g/mol. The van der Waals surface area contributed by atoms with Gasteiger partial charge in [-0.3, -0.25) is 0 Å². The van der Waals surface area contributed by atoms with Crippen molar-refractivity contribution in [2.75, 3.05) is 13.2 Å². The number of ether oxygens (including phenoxy) is 2. The van der Waals surface area contributed by atoms with Crippen molar-refractivity contribution in [3.05, 3.63) is 59.7 Å². The number of hydrogen-bond donors (Lipinski definition) is 4. The normalized spacial score (nSPS) is 15.4. The van der Waals surface area contributed by atoms with Crippen molar-refractivity contribution >= 4 is 18.2 Å². The lowest BCUT2D eigenvalue weighted by atomic mass is 9.98. The van der Waals surface area contributed by atoms with E-state index >= 15 is 0 Å². The van der Waals surface area contributed by atoms with Crippen LogP contribution >= 0.6 is 0 Å². The van der Waals surface area contributed by atoms with Gasteiger partial charge in [0.25, 0.3) is 0 Å². The van der Waals surface area contributed by atoms with Gasteiger partial charge in [-0.05, 0) is 43.0 Å². The standard InChI is InChI=1S/C25H30N2O8/c1-25(2,3)35-24(33)27(20(22(30)31)21(29)19(28)12-26)23(32)34-13-18-16-10-6-4-8-14(16)15-9-5-7-11-17(15)18/h4-11,18-21,28-29H,12-13,26H2,1-3H3,(H,30,31)/t19?,20-,21?/m0/s1. The molecule has 10 nitrogen and oxygen atoms in total. The molecule has 0 radical (unpaired) electrons. The topological polar surface area (TPSA) is 160 Å². The molecule has 0 bridgehead atoms. The summed E-state index contributed by atoms with van der Waals surface area (Å²) in [5.74, 6) is -2.10. The van der Waals surface area contributed by atoms with E-state index in [1.54, 1.807) is 0 Å². The van der Waals surface area contributed by atoms with Crippen LogP contribution in [0.15, 0.2) is 48.5 Å². The Kier molecular flexibility index (Phi) is 7.79. The summed E-state index contributed by atoms with van der Waals surface area (Å²) in [6.45, 7) is 3.89. The maximum Gasteiger partial charge on any atom is 0.420 e. The number of rotatable bonds is 7. The molecule has 10 heteroatoms. The summed E-state index contributed by atoms with van der Waals surface area (Å²) in [6, 6.07) is 13.0. The minimum atomic E-state index is -2.20. The van der Waals surface area contributed by atoms with Gasteiger partial charge in [0.2, 0.25) is 0 Å². The Morgan fingerprint density at radius 1 is 0.971 bits per heavy atom. The Morgan fingerprint density at radius 3 is 1.94 bits per heavy atom. The largest absolute Gasteiger partial charge is 0.480 e. The zero-order chi connectivity index (χ0) is 25.9. The first-order chi connectivity index (χ1) is 16.5. The van der Waals surface area contributed by atoms with Gasteiger partial charge in [-0.25, -0.2) is 14.4 Å². The van der Waals surface area contributed by atoms with E-state index in [4.69, 9.17) is 15.2 Å². The fraction of sp³-hybridized carbons (Fsp3) is 0.400. The molecule has 0 aromatic heterocycles. The number of benzene rings is 2. The molecule has 0 heterocycles. The lowest BCUT2D eigenvalue weighted by molar-refractivity contribution is -0.150. The Hall–Kier alpha value is -3.47. The summed E-state index contributed by atoms with van der Waals surface area (Å²) in [6.07, 6.45) is -6.48. The van der Waals surface area contributed by atoms with Crippen molar-refractivity contribution in [1.29, 1.82) is 0 Å². The number of carbonyl (C=O) groups excluding carboxylic acids is 2. The highest BCUT2D eigenvalue weighted by Gasteiger charge is 2.45. The van der Waals surface area contributed by atoms with Crippen LogP contribution in [0.4, 0.5) is 9.59 Å². The van der Waals surface area contributed by atoms with Gasteiger partial charge in [0.05, 0.1) is 6.10 Å². The first kappa shape index (κ1) is 26.1. The molecule has 2 unspecified atom stereocenters. The minimum Gasteiger partial charge on any atom is -0.480 e. The Morgan fingerprint density at radius 2 is 1.49 bits per heavy atom. The van der Waals surface area contributed by atoms with Gasteiger partial charge < -0.3 is 30.5 Å². The predicted molar refractivity (Wildman–Crippen MR) is 126 cm³/mol.